The van der Waals surface area contributed by atoms with Crippen LogP contribution in [-0.2, 0) is 4.79 Å². The molecule has 0 bridgehead atoms. The summed E-state index contributed by atoms with van der Waals surface area (Å²) in [6.07, 6.45) is 7.62. The maximum absolute atomic E-state index is 11.7. The zero-order valence-corrected chi connectivity index (χ0v) is 9.62. The third-order valence-corrected chi connectivity index (χ3v) is 2.77. The van der Waals surface area contributed by atoms with Crippen LogP contribution in [0.2, 0.25) is 0 Å². The summed E-state index contributed by atoms with van der Waals surface area (Å²) in [4.78, 5) is 11.7. The molecule has 0 heterocycles. The largest absolute Gasteiger partial charge is 0.396 e. The van der Waals surface area contributed by atoms with Crippen LogP contribution in [0.3, 0.4) is 0 Å². The molecule has 0 aromatic heterocycles. The lowest BCUT2D eigenvalue weighted by molar-refractivity contribution is -0.123. The van der Waals surface area contributed by atoms with E-state index in [1.165, 1.54) is 0 Å². The number of carbonyl (C=O) groups is 1. The number of nitrogens with one attached hydrogen (secondary N) is 1. The van der Waals surface area contributed by atoms with Gasteiger partial charge in [0.05, 0.1) is 0 Å². The Morgan fingerprint density at radius 1 is 1.60 bits per heavy atom. The molecule has 3 heteroatoms. The van der Waals surface area contributed by atoms with Gasteiger partial charge in [-0.05, 0) is 39.0 Å². The Kier molecular flexibility index (Phi) is 4.33. The Morgan fingerprint density at radius 2 is 2.33 bits per heavy atom. The maximum atomic E-state index is 11.7. The third-order valence-electron chi connectivity index (χ3n) is 2.77. The number of amides is 1. The predicted molar refractivity (Wildman–Crippen MR) is 60.4 cm³/mol. The van der Waals surface area contributed by atoms with Crippen molar-refractivity contribution in [2.45, 2.75) is 45.1 Å². The molecule has 1 rings (SSSR count). The quantitative estimate of drug-likeness (QED) is 0.679. The molecule has 15 heavy (non-hydrogen) atoms. The normalized spacial score (nSPS) is 20.6. The Hall–Kier alpha value is -0.830. The van der Waals surface area contributed by atoms with E-state index in [1.54, 1.807) is 0 Å². The molecule has 0 aliphatic heterocycles. The van der Waals surface area contributed by atoms with Crippen LogP contribution in [0.4, 0.5) is 0 Å². The van der Waals surface area contributed by atoms with Gasteiger partial charge in [0.25, 0.3) is 0 Å². The van der Waals surface area contributed by atoms with E-state index in [1.807, 2.05) is 13.8 Å². The molecule has 0 saturated heterocycles. The summed E-state index contributed by atoms with van der Waals surface area (Å²) in [5.41, 5.74) is -0.297. The Labute approximate surface area is 91.6 Å². The molecule has 1 unspecified atom stereocenters. The van der Waals surface area contributed by atoms with Gasteiger partial charge >= 0.3 is 0 Å². The number of allylic oxidation sites excluding steroid dienone is 2. The molecule has 1 aliphatic carbocycles. The van der Waals surface area contributed by atoms with Gasteiger partial charge in [-0.25, -0.2) is 0 Å². The summed E-state index contributed by atoms with van der Waals surface area (Å²) in [5, 5.41) is 11.8. The van der Waals surface area contributed by atoms with Gasteiger partial charge in [0.1, 0.15) is 0 Å². The average Bonchev–Trinajstić information content (AvgIpc) is 2.54. The van der Waals surface area contributed by atoms with Crippen LogP contribution < -0.4 is 5.32 Å². The van der Waals surface area contributed by atoms with E-state index < -0.39 is 0 Å². The molecular weight excluding hydrogens is 190 g/mol. The zero-order valence-electron chi connectivity index (χ0n) is 9.62. The standard InChI is InChI=1S/C12H21NO2/c1-12(2,7-8-14)13-11(15)9-10-5-3-4-6-10/h3,5,10,14H,4,6-9H2,1-2H3,(H,13,15). The van der Waals surface area contributed by atoms with Crippen molar-refractivity contribution in [3.8, 4) is 0 Å². The monoisotopic (exact) mass is 211 g/mol. The topological polar surface area (TPSA) is 49.3 Å². The van der Waals surface area contributed by atoms with E-state index in [0.717, 1.165) is 12.8 Å². The van der Waals surface area contributed by atoms with Crippen molar-refractivity contribution in [3.63, 3.8) is 0 Å². The van der Waals surface area contributed by atoms with Crippen molar-refractivity contribution in [3.05, 3.63) is 12.2 Å². The van der Waals surface area contributed by atoms with Gasteiger partial charge in [-0.2, -0.15) is 0 Å². The highest BCUT2D eigenvalue weighted by atomic mass is 16.3. The van der Waals surface area contributed by atoms with Gasteiger partial charge < -0.3 is 10.4 Å². The first kappa shape index (κ1) is 12.2. The molecule has 0 spiro atoms. The Balaban J connectivity index is 2.31. The Bertz CT molecular complexity index is 246. The fraction of sp³-hybridized carbons (Fsp3) is 0.750. The van der Waals surface area contributed by atoms with Gasteiger partial charge in [0.2, 0.25) is 5.91 Å². The number of aliphatic hydroxyl groups is 1. The molecule has 1 atom stereocenters. The number of rotatable bonds is 5. The van der Waals surface area contributed by atoms with Crippen molar-refractivity contribution in [1.82, 2.24) is 5.32 Å². The molecule has 0 aromatic rings. The number of hydrogen-bond donors (Lipinski definition) is 2. The maximum Gasteiger partial charge on any atom is 0.220 e. The summed E-state index contributed by atoms with van der Waals surface area (Å²) in [5.74, 6) is 0.500. The lowest BCUT2D eigenvalue weighted by atomic mass is 9.99. The SMILES string of the molecule is CC(C)(CCO)NC(=O)CC1C=CCC1. The summed E-state index contributed by atoms with van der Waals surface area (Å²) >= 11 is 0. The minimum atomic E-state index is -0.297. The third kappa shape index (κ3) is 4.47. The minimum absolute atomic E-state index is 0.0880. The van der Waals surface area contributed by atoms with Crippen LogP contribution in [-0.4, -0.2) is 23.2 Å². The minimum Gasteiger partial charge on any atom is -0.396 e. The van der Waals surface area contributed by atoms with E-state index in [-0.39, 0.29) is 18.1 Å². The summed E-state index contributed by atoms with van der Waals surface area (Å²) in [7, 11) is 0. The number of carbonyl (C=O) groups excluding carboxylic acids is 1. The van der Waals surface area contributed by atoms with Crippen molar-refractivity contribution in [2.24, 2.45) is 5.92 Å². The second-order valence-electron chi connectivity index (χ2n) is 4.88. The lowest BCUT2D eigenvalue weighted by Crippen LogP contribution is -2.44. The molecule has 0 aromatic carbocycles. The second-order valence-corrected chi connectivity index (χ2v) is 4.88. The molecule has 1 aliphatic rings. The molecule has 2 N–H and O–H groups in total. The van der Waals surface area contributed by atoms with Gasteiger partial charge in [-0.1, -0.05) is 12.2 Å². The van der Waals surface area contributed by atoms with E-state index in [2.05, 4.69) is 17.5 Å². The molecule has 1 amide bonds. The lowest BCUT2D eigenvalue weighted by Gasteiger charge is -2.25. The average molecular weight is 211 g/mol. The van der Waals surface area contributed by atoms with Crippen LogP contribution in [0.1, 0.15) is 39.5 Å². The highest BCUT2D eigenvalue weighted by Gasteiger charge is 2.21. The van der Waals surface area contributed by atoms with Gasteiger partial charge in [0.15, 0.2) is 0 Å². The fourth-order valence-corrected chi connectivity index (χ4v) is 1.87. The van der Waals surface area contributed by atoms with Crippen LogP contribution in [0.5, 0.6) is 0 Å². The zero-order chi connectivity index (χ0) is 11.3. The molecule has 0 saturated carbocycles. The predicted octanol–water partition coefficient (Wildman–Crippen LogP) is 1.62. The summed E-state index contributed by atoms with van der Waals surface area (Å²) < 4.78 is 0. The molecule has 3 nitrogen and oxygen atoms in total. The van der Waals surface area contributed by atoms with E-state index in [4.69, 9.17) is 5.11 Å². The number of aliphatic hydroxyl groups excluding tert-OH is 1. The highest BCUT2D eigenvalue weighted by molar-refractivity contribution is 5.77. The first-order chi connectivity index (χ1) is 7.03. The molecule has 0 fully saturated rings. The second kappa shape index (κ2) is 5.31. The van der Waals surface area contributed by atoms with Gasteiger partial charge in [0, 0.05) is 18.6 Å². The van der Waals surface area contributed by atoms with Crippen molar-refractivity contribution in [1.29, 1.82) is 0 Å². The Morgan fingerprint density at radius 3 is 2.87 bits per heavy atom. The van der Waals surface area contributed by atoms with Crippen molar-refractivity contribution < 1.29 is 9.90 Å². The summed E-state index contributed by atoms with van der Waals surface area (Å²) in [6, 6.07) is 0. The summed E-state index contributed by atoms with van der Waals surface area (Å²) in [6.45, 7) is 3.98. The molecule has 86 valence electrons. The molecule has 0 radical (unpaired) electrons. The van der Waals surface area contributed by atoms with E-state index in [0.29, 0.717) is 18.8 Å². The van der Waals surface area contributed by atoms with Gasteiger partial charge in [-0.15, -0.1) is 0 Å². The number of hydrogen-bond acceptors (Lipinski definition) is 2. The van der Waals surface area contributed by atoms with Crippen molar-refractivity contribution >= 4 is 5.91 Å². The smallest absolute Gasteiger partial charge is 0.220 e. The van der Waals surface area contributed by atoms with Crippen LogP contribution in [0.15, 0.2) is 12.2 Å². The van der Waals surface area contributed by atoms with E-state index in [9.17, 15) is 4.79 Å². The highest BCUT2D eigenvalue weighted by Crippen LogP contribution is 2.20. The first-order valence-electron chi connectivity index (χ1n) is 5.62. The van der Waals surface area contributed by atoms with Crippen LogP contribution >= 0.6 is 0 Å². The van der Waals surface area contributed by atoms with E-state index >= 15 is 0 Å². The fourth-order valence-electron chi connectivity index (χ4n) is 1.87. The van der Waals surface area contributed by atoms with Gasteiger partial charge in [-0.3, -0.25) is 4.79 Å². The first-order valence-corrected chi connectivity index (χ1v) is 5.62. The molecular formula is C12H21NO2. The van der Waals surface area contributed by atoms with Crippen LogP contribution in [0.25, 0.3) is 0 Å². The van der Waals surface area contributed by atoms with Crippen LogP contribution in [0, 0.1) is 5.92 Å². The van der Waals surface area contributed by atoms with Crippen molar-refractivity contribution in [2.75, 3.05) is 6.61 Å².